The molecule has 3 heterocycles. The van der Waals surface area contributed by atoms with Crippen LogP contribution >= 0.6 is 0 Å². The highest BCUT2D eigenvalue weighted by Crippen LogP contribution is 2.38. The summed E-state index contributed by atoms with van der Waals surface area (Å²) in [6, 6.07) is 5.17. The third-order valence-corrected chi connectivity index (χ3v) is 11.9. The summed E-state index contributed by atoms with van der Waals surface area (Å²) in [5.74, 6) is -0.228. The van der Waals surface area contributed by atoms with Crippen LogP contribution in [0.4, 0.5) is 5.69 Å². The number of amides is 2. The fourth-order valence-corrected chi connectivity index (χ4v) is 5.40. The fraction of sp³-hybridized carbons (Fsp3) is 0.609. The van der Waals surface area contributed by atoms with Gasteiger partial charge in [-0.25, -0.2) is 4.79 Å². The van der Waals surface area contributed by atoms with Crippen LogP contribution in [0, 0.1) is 5.92 Å². The third kappa shape index (κ3) is 3.81. The molecule has 0 radical (unpaired) electrons. The second-order valence-corrected chi connectivity index (χ2v) is 15.5. The Morgan fingerprint density at radius 2 is 1.84 bits per heavy atom. The van der Waals surface area contributed by atoms with Gasteiger partial charge in [0, 0.05) is 39.1 Å². The van der Waals surface area contributed by atoms with Gasteiger partial charge in [-0.1, -0.05) is 26.8 Å². The quantitative estimate of drug-likeness (QED) is 0.550. The van der Waals surface area contributed by atoms with Crippen LogP contribution in [0.3, 0.4) is 0 Å². The van der Waals surface area contributed by atoms with Gasteiger partial charge in [-0.2, -0.15) is 0 Å². The van der Waals surface area contributed by atoms with Gasteiger partial charge in [0.15, 0.2) is 8.32 Å². The molecule has 2 aliphatic rings. The Balaban J connectivity index is 1.55. The highest BCUT2D eigenvalue weighted by atomic mass is 28.4. The number of aromatic nitrogens is 2. The number of imide groups is 1. The van der Waals surface area contributed by atoms with E-state index in [1.54, 1.807) is 16.2 Å². The molecule has 1 aromatic carbocycles. The molecule has 8 nitrogen and oxygen atoms in total. The van der Waals surface area contributed by atoms with Crippen molar-refractivity contribution in [1.29, 1.82) is 0 Å². The number of nitrogens with one attached hydrogen (secondary N) is 1. The van der Waals surface area contributed by atoms with Crippen molar-refractivity contribution in [1.82, 2.24) is 14.5 Å². The summed E-state index contributed by atoms with van der Waals surface area (Å²) in [6.45, 7) is 13.8. The normalized spacial score (nSPS) is 20.6. The highest BCUT2D eigenvalue weighted by molar-refractivity contribution is 6.74. The SMILES string of the molecule is Cn1c(=O)n(C2CCC(=O)NC2=O)c2cccc(N3CC(CO[Si](C)(C)C(C)(C)C)C3)c21. The summed E-state index contributed by atoms with van der Waals surface area (Å²) < 4.78 is 9.56. The molecule has 2 amide bonds. The van der Waals surface area contributed by atoms with E-state index in [1.165, 1.54) is 0 Å². The molecule has 1 aromatic heterocycles. The summed E-state index contributed by atoms with van der Waals surface area (Å²) in [5, 5.41) is 2.56. The molecule has 2 aliphatic heterocycles. The standard InChI is InChI=1S/C23H34N4O4Si/c1-23(2,3)32(5,6)31-14-15-12-26(13-15)16-8-7-9-17-20(16)25(4)22(30)27(17)18-10-11-19(28)24-21(18)29/h7-9,15,18H,10-14H2,1-6H3,(H,24,28,29). The number of fused-ring (bicyclic) bond motifs is 1. The monoisotopic (exact) mass is 458 g/mol. The van der Waals surface area contributed by atoms with E-state index in [1.807, 2.05) is 18.2 Å². The molecule has 1 N–H and O–H groups in total. The van der Waals surface area contributed by atoms with Gasteiger partial charge in [-0.05, 0) is 36.7 Å². The predicted molar refractivity (Wildman–Crippen MR) is 127 cm³/mol. The molecular formula is C23H34N4O4Si. The number of aryl methyl sites for hydroxylation is 1. The molecule has 4 rings (SSSR count). The molecule has 0 bridgehead atoms. The molecule has 2 aromatic rings. The molecule has 2 fully saturated rings. The Kier molecular flexibility index (Phi) is 5.61. The maximum Gasteiger partial charge on any atom is 0.329 e. The van der Waals surface area contributed by atoms with Crippen LogP contribution < -0.4 is 15.9 Å². The van der Waals surface area contributed by atoms with Crippen molar-refractivity contribution in [2.75, 3.05) is 24.6 Å². The van der Waals surface area contributed by atoms with E-state index in [9.17, 15) is 14.4 Å². The van der Waals surface area contributed by atoms with E-state index in [4.69, 9.17) is 4.43 Å². The summed E-state index contributed by atoms with van der Waals surface area (Å²) >= 11 is 0. The van der Waals surface area contributed by atoms with Gasteiger partial charge in [0.05, 0.1) is 16.7 Å². The van der Waals surface area contributed by atoms with Crippen molar-refractivity contribution in [3.63, 3.8) is 0 Å². The number of nitrogens with zero attached hydrogens (tertiary/aromatic N) is 3. The van der Waals surface area contributed by atoms with Crippen molar-refractivity contribution < 1.29 is 14.0 Å². The van der Waals surface area contributed by atoms with Crippen LogP contribution in [0.25, 0.3) is 11.0 Å². The van der Waals surface area contributed by atoms with Crippen LogP contribution in [0.5, 0.6) is 0 Å². The number of carbonyl (C=O) groups is 2. The zero-order valence-corrected chi connectivity index (χ0v) is 20.9. The van der Waals surface area contributed by atoms with Gasteiger partial charge in [-0.15, -0.1) is 0 Å². The van der Waals surface area contributed by atoms with Gasteiger partial charge in [0.2, 0.25) is 11.8 Å². The van der Waals surface area contributed by atoms with E-state index in [-0.39, 0.29) is 23.1 Å². The molecule has 1 atom stereocenters. The molecule has 0 aliphatic carbocycles. The number of para-hydroxylation sites is 1. The Morgan fingerprint density at radius 3 is 2.47 bits per heavy atom. The predicted octanol–water partition coefficient (Wildman–Crippen LogP) is 2.78. The topological polar surface area (TPSA) is 85.6 Å². The summed E-state index contributed by atoms with van der Waals surface area (Å²) in [7, 11) is -0.0236. The summed E-state index contributed by atoms with van der Waals surface area (Å²) in [5.41, 5.74) is 2.31. The fourth-order valence-electron chi connectivity index (χ4n) is 4.32. The van der Waals surface area contributed by atoms with Crippen LogP contribution in [0.1, 0.15) is 39.7 Å². The van der Waals surface area contributed by atoms with Crippen LogP contribution in [-0.2, 0) is 21.1 Å². The molecule has 0 spiro atoms. The first-order chi connectivity index (χ1) is 14.9. The van der Waals surface area contributed by atoms with Crippen molar-refractivity contribution in [3.05, 3.63) is 28.7 Å². The zero-order chi connectivity index (χ0) is 23.4. The van der Waals surface area contributed by atoms with E-state index in [2.05, 4.69) is 44.1 Å². The first-order valence-corrected chi connectivity index (χ1v) is 14.2. The Hall–Kier alpha value is -2.39. The molecule has 32 heavy (non-hydrogen) atoms. The molecule has 2 saturated heterocycles. The summed E-state index contributed by atoms with van der Waals surface area (Å²) in [4.78, 5) is 39.4. The molecule has 174 valence electrons. The van der Waals surface area contributed by atoms with Gasteiger partial charge in [0.1, 0.15) is 6.04 Å². The van der Waals surface area contributed by atoms with Crippen molar-refractivity contribution in [3.8, 4) is 0 Å². The van der Waals surface area contributed by atoms with Gasteiger partial charge >= 0.3 is 5.69 Å². The van der Waals surface area contributed by atoms with Crippen molar-refractivity contribution in [2.24, 2.45) is 13.0 Å². The van der Waals surface area contributed by atoms with Crippen molar-refractivity contribution in [2.45, 2.75) is 57.8 Å². The Morgan fingerprint density at radius 1 is 1.16 bits per heavy atom. The smallest absolute Gasteiger partial charge is 0.329 e. The largest absolute Gasteiger partial charge is 0.416 e. The van der Waals surface area contributed by atoms with Crippen LogP contribution in [-0.4, -0.2) is 49.0 Å². The molecule has 9 heteroatoms. The highest BCUT2D eigenvalue weighted by Gasteiger charge is 2.39. The number of piperidine rings is 1. The molecular weight excluding hydrogens is 424 g/mol. The molecule has 0 saturated carbocycles. The maximum absolute atomic E-state index is 13.1. The number of benzene rings is 1. The van der Waals surface area contributed by atoms with Gasteiger partial charge in [0.25, 0.3) is 0 Å². The van der Waals surface area contributed by atoms with E-state index < -0.39 is 20.3 Å². The molecule has 1 unspecified atom stereocenters. The lowest BCUT2D eigenvalue weighted by molar-refractivity contribution is -0.135. The number of imidazole rings is 1. The van der Waals surface area contributed by atoms with E-state index in [0.29, 0.717) is 12.3 Å². The Bertz CT molecular complexity index is 1120. The number of hydrogen-bond donors (Lipinski definition) is 1. The average molecular weight is 459 g/mol. The Labute approximate surface area is 189 Å². The van der Waals surface area contributed by atoms with E-state index >= 15 is 0 Å². The minimum Gasteiger partial charge on any atom is -0.416 e. The average Bonchev–Trinajstić information content (AvgIpc) is 2.91. The lowest BCUT2D eigenvalue weighted by Crippen LogP contribution is -2.51. The first kappa shape index (κ1) is 22.8. The minimum absolute atomic E-state index is 0.194. The summed E-state index contributed by atoms with van der Waals surface area (Å²) in [6.07, 6.45) is 0.575. The lowest BCUT2D eigenvalue weighted by Gasteiger charge is -2.44. The second kappa shape index (κ2) is 7.88. The van der Waals surface area contributed by atoms with Gasteiger partial charge < -0.3 is 9.33 Å². The third-order valence-electron chi connectivity index (χ3n) is 7.39. The maximum atomic E-state index is 13.1. The lowest BCUT2D eigenvalue weighted by atomic mass is 10.00. The van der Waals surface area contributed by atoms with Crippen LogP contribution in [0.2, 0.25) is 18.1 Å². The number of rotatable bonds is 5. The van der Waals surface area contributed by atoms with Gasteiger partial charge in [-0.3, -0.25) is 24.0 Å². The zero-order valence-electron chi connectivity index (χ0n) is 19.9. The minimum atomic E-state index is -1.77. The van der Waals surface area contributed by atoms with Crippen LogP contribution in [0.15, 0.2) is 23.0 Å². The number of carbonyl (C=O) groups excluding carboxylic acids is 2. The first-order valence-electron chi connectivity index (χ1n) is 11.3. The second-order valence-electron chi connectivity index (χ2n) is 10.7. The number of anilines is 1. The number of hydrogen-bond acceptors (Lipinski definition) is 5. The van der Waals surface area contributed by atoms with Crippen molar-refractivity contribution >= 4 is 36.9 Å². The van der Waals surface area contributed by atoms with E-state index in [0.717, 1.165) is 36.4 Å².